The van der Waals surface area contributed by atoms with E-state index in [-0.39, 0.29) is 5.91 Å². The smallest absolute Gasteiger partial charge is 0.331 e. The molecule has 1 N–H and O–H groups in total. The molecule has 2 heterocycles. The number of nitrogens with one attached hydrogen (secondary N) is 1. The predicted octanol–water partition coefficient (Wildman–Crippen LogP) is 3.61. The van der Waals surface area contributed by atoms with Gasteiger partial charge in [-0.25, -0.2) is 9.79 Å². The van der Waals surface area contributed by atoms with Crippen molar-refractivity contribution in [2.45, 2.75) is 39.5 Å². The van der Waals surface area contributed by atoms with Crippen LogP contribution in [0.1, 0.15) is 39.5 Å². The van der Waals surface area contributed by atoms with Crippen LogP contribution in [0.2, 0.25) is 5.02 Å². The van der Waals surface area contributed by atoms with Gasteiger partial charge in [-0.3, -0.25) is 15.0 Å². The summed E-state index contributed by atoms with van der Waals surface area (Å²) in [4.78, 5) is 33.3. The van der Waals surface area contributed by atoms with Crippen LogP contribution in [0.15, 0.2) is 29.3 Å². The highest BCUT2D eigenvalue weighted by molar-refractivity contribution is 6.30. The highest BCUT2D eigenvalue weighted by Gasteiger charge is 2.51. The minimum absolute atomic E-state index is 0.219. The van der Waals surface area contributed by atoms with Crippen molar-refractivity contribution >= 4 is 35.1 Å². The first-order valence-electron chi connectivity index (χ1n) is 8.70. The third kappa shape index (κ3) is 3.11. The molecule has 2 aliphatic heterocycles. The van der Waals surface area contributed by atoms with Crippen LogP contribution in [0.25, 0.3) is 0 Å². The number of unbranched alkanes of at least 4 members (excludes halogenated alkanes) is 1. The van der Waals surface area contributed by atoms with Crippen LogP contribution in [0.3, 0.4) is 0 Å². The lowest BCUT2D eigenvalue weighted by molar-refractivity contribution is -0.128. The van der Waals surface area contributed by atoms with E-state index < -0.39 is 11.4 Å². The number of anilines is 1. The van der Waals surface area contributed by atoms with Crippen LogP contribution < -0.4 is 10.2 Å². The van der Waals surface area contributed by atoms with E-state index in [2.05, 4.69) is 17.2 Å². The molecule has 1 aromatic carbocycles. The highest BCUT2D eigenvalue weighted by Crippen LogP contribution is 2.37. The van der Waals surface area contributed by atoms with E-state index >= 15 is 0 Å². The molecule has 6 nitrogen and oxygen atoms in total. The largest absolute Gasteiger partial charge is 0.334 e. The number of benzene rings is 1. The van der Waals surface area contributed by atoms with Crippen LogP contribution in [-0.4, -0.2) is 36.0 Å². The Morgan fingerprint density at radius 3 is 2.60 bits per heavy atom. The lowest BCUT2D eigenvalue weighted by atomic mass is 9.76. The van der Waals surface area contributed by atoms with Gasteiger partial charge in [0.1, 0.15) is 24.6 Å². The molecule has 0 spiro atoms. The zero-order chi connectivity index (χ0) is 18.0. The lowest BCUT2D eigenvalue weighted by Gasteiger charge is -2.46. The van der Waals surface area contributed by atoms with E-state index in [0.717, 1.165) is 18.5 Å². The number of halogens is 1. The standard InChI is InChI=1S/C18H23ClN4O2/c1-3-5-10-18(4-2)15-20-11-22(14-8-6-13(19)7-9-14)12-23(15)17(25)21-16(18)24/h6-9H,3-5,10-12H2,1-2H3,(H,21,24,25). The van der Waals surface area contributed by atoms with E-state index in [0.29, 0.717) is 37.0 Å². The van der Waals surface area contributed by atoms with Crippen molar-refractivity contribution in [1.29, 1.82) is 0 Å². The van der Waals surface area contributed by atoms with E-state index in [9.17, 15) is 9.59 Å². The van der Waals surface area contributed by atoms with Crippen molar-refractivity contribution in [3.63, 3.8) is 0 Å². The molecule has 2 aliphatic rings. The van der Waals surface area contributed by atoms with Crippen molar-refractivity contribution in [1.82, 2.24) is 10.2 Å². The van der Waals surface area contributed by atoms with Crippen LogP contribution in [0.5, 0.6) is 0 Å². The number of rotatable bonds is 5. The number of imide groups is 1. The second-order valence-electron chi connectivity index (χ2n) is 6.51. The number of fused-ring (bicyclic) bond motifs is 1. The average Bonchev–Trinajstić information content (AvgIpc) is 2.62. The Bertz CT molecular complexity index is 704. The summed E-state index contributed by atoms with van der Waals surface area (Å²) in [6.45, 7) is 4.87. The van der Waals surface area contributed by atoms with Gasteiger partial charge in [-0.2, -0.15) is 0 Å². The van der Waals surface area contributed by atoms with E-state index in [4.69, 9.17) is 11.6 Å². The maximum atomic E-state index is 12.6. The molecule has 0 saturated carbocycles. The highest BCUT2D eigenvalue weighted by atomic mass is 35.5. The van der Waals surface area contributed by atoms with Crippen molar-refractivity contribution in [3.8, 4) is 0 Å². The van der Waals surface area contributed by atoms with Gasteiger partial charge in [0.25, 0.3) is 0 Å². The van der Waals surface area contributed by atoms with Gasteiger partial charge in [-0.1, -0.05) is 38.3 Å². The van der Waals surface area contributed by atoms with Crippen molar-refractivity contribution in [3.05, 3.63) is 29.3 Å². The fourth-order valence-electron chi connectivity index (χ4n) is 3.49. The predicted molar refractivity (Wildman–Crippen MR) is 98.7 cm³/mol. The Kier molecular flexibility index (Phi) is 4.99. The summed E-state index contributed by atoms with van der Waals surface area (Å²) in [5.74, 6) is 0.394. The minimum Gasteiger partial charge on any atom is -0.334 e. The second-order valence-corrected chi connectivity index (χ2v) is 6.94. The average molecular weight is 363 g/mol. The van der Waals surface area contributed by atoms with E-state index in [1.54, 1.807) is 4.90 Å². The topological polar surface area (TPSA) is 65.0 Å². The summed E-state index contributed by atoms with van der Waals surface area (Å²) in [5, 5.41) is 3.19. The van der Waals surface area contributed by atoms with Gasteiger partial charge in [0.2, 0.25) is 5.91 Å². The van der Waals surface area contributed by atoms with Crippen molar-refractivity contribution < 1.29 is 9.59 Å². The molecule has 0 bridgehead atoms. The monoisotopic (exact) mass is 362 g/mol. The maximum absolute atomic E-state index is 12.6. The maximum Gasteiger partial charge on any atom is 0.331 e. The first-order chi connectivity index (χ1) is 12.0. The number of hydrogen-bond donors (Lipinski definition) is 1. The number of carbonyl (C=O) groups is 2. The number of urea groups is 1. The van der Waals surface area contributed by atoms with Crippen molar-refractivity contribution in [2.24, 2.45) is 10.4 Å². The normalized spacial score (nSPS) is 23.2. The molecule has 1 aromatic rings. The molecule has 0 aliphatic carbocycles. The molecule has 1 atom stereocenters. The Morgan fingerprint density at radius 2 is 1.96 bits per heavy atom. The van der Waals surface area contributed by atoms with Crippen LogP contribution in [-0.2, 0) is 4.79 Å². The third-order valence-electron chi connectivity index (χ3n) is 5.04. The molecule has 1 fully saturated rings. The quantitative estimate of drug-likeness (QED) is 0.870. The molecule has 0 radical (unpaired) electrons. The fourth-order valence-corrected chi connectivity index (χ4v) is 3.62. The minimum atomic E-state index is -0.712. The van der Waals surface area contributed by atoms with Gasteiger partial charge < -0.3 is 4.90 Å². The Hall–Kier alpha value is -2.08. The summed E-state index contributed by atoms with van der Waals surface area (Å²) in [5.41, 5.74) is 0.225. The van der Waals surface area contributed by atoms with Crippen molar-refractivity contribution in [2.75, 3.05) is 18.2 Å². The molecular weight excluding hydrogens is 340 g/mol. The molecule has 134 valence electrons. The summed E-state index contributed by atoms with van der Waals surface area (Å²) < 4.78 is 0. The van der Waals surface area contributed by atoms with Gasteiger partial charge in [-0.15, -0.1) is 0 Å². The zero-order valence-corrected chi connectivity index (χ0v) is 15.3. The van der Waals surface area contributed by atoms with Crippen LogP contribution >= 0.6 is 11.6 Å². The Labute approximate surface area is 152 Å². The summed E-state index contributed by atoms with van der Waals surface area (Å²) in [6.07, 6.45) is 3.24. The molecule has 25 heavy (non-hydrogen) atoms. The number of hydrogen-bond acceptors (Lipinski definition) is 4. The Balaban J connectivity index is 1.93. The first kappa shape index (κ1) is 17.7. The van der Waals surface area contributed by atoms with E-state index in [1.807, 2.05) is 36.1 Å². The SMILES string of the molecule is CCCCC1(CC)C(=O)NC(=O)N2CN(c3ccc(Cl)cc3)CN=C21. The Morgan fingerprint density at radius 1 is 1.24 bits per heavy atom. The molecule has 1 saturated heterocycles. The summed E-state index contributed by atoms with van der Waals surface area (Å²) in [6, 6.07) is 7.03. The lowest BCUT2D eigenvalue weighted by Crippen LogP contribution is -2.67. The number of aliphatic imine (C=N–C) groups is 1. The molecule has 3 rings (SSSR count). The van der Waals surface area contributed by atoms with Gasteiger partial charge in [0.15, 0.2) is 0 Å². The van der Waals surface area contributed by atoms with Gasteiger partial charge in [-0.05, 0) is 37.1 Å². The third-order valence-corrected chi connectivity index (χ3v) is 5.29. The molecule has 7 heteroatoms. The molecular formula is C18H23ClN4O2. The summed E-state index contributed by atoms with van der Waals surface area (Å²) in [7, 11) is 0. The summed E-state index contributed by atoms with van der Waals surface area (Å²) >= 11 is 5.95. The number of nitrogens with zero attached hydrogens (tertiary/aromatic N) is 3. The van der Waals surface area contributed by atoms with Gasteiger partial charge >= 0.3 is 6.03 Å². The van der Waals surface area contributed by atoms with Crippen LogP contribution in [0, 0.1) is 5.41 Å². The molecule has 1 unspecified atom stereocenters. The second kappa shape index (κ2) is 7.04. The number of amidine groups is 1. The van der Waals surface area contributed by atoms with Gasteiger partial charge in [0.05, 0.1) is 0 Å². The fraction of sp³-hybridized carbons (Fsp3) is 0.500. The van der Waals surface area contributed by atoms with Crippen LogP contribution in [0.4, 0.5) is 10.5 Å². The van der Waals surface area contributed by atoms with Gasteiger partial charge in [0, 0.05) is 10.7 Å². The zero-order valence-electron chi connectivity index (χ0n) is 14.6. The molecule has 3 amide bonds. The number of amides is 3. The molecule has 0 aromatic heterocycles. The van der Waals surface area contributed by atoms with E-state index in [1.165, 1.54) is 0 Å². The first-order valence-corrected chi connectivity index (χ1v) is 9.08. The number of carbonyl (C=O) groups excluding carboxylic acids is 2.